The minimum atomic E-state index is 0.391. The van der Waals surface area contributed by atoms with E-state index >= 15 is 0 Å². The Morgan fingerprint density at radius 3 is 2.65 bits per heavy atom. The largest absolute Gasteiger partial charge is 0.381 e. The second-order valence-electron chi connectivity index (χ2n) is 4.46. The zero-order chi connectivity index (χ0) is 12.3. The first kappa shape index (κ1) is 14.9. The number of hydrogen-bond donors (Lipinski definition) is 1. The topological polar surface area (TPSA) is 39.7 Å². The van der Waals surface area contributed by atoms with E-state index in [9.17, 15) is 0 Å². The molecule has 4 heteroatoms. The van der Waals surface area contributed by atoms with E-state index in [1.807, 2.05) is 6.92 Å². The minimum Gasteiger partial charge on any atom is -0.381 e. The summed E-state index contributed by atoms with van der Waals surface area (Å²) in [7, 11) is 1.79. The van der Waals surface area contributed by atoms with Crippen LogP contribution in [0, 0.1) is 0 Å². The van der Waals surface area contributed by atoms with E-state index in [2.05, 4.69) is 5.32 Å². The first-order valence-electron chi connectivity index (χ1n) is 6.79. The molecule has 0 radical (unpaired) electrons. The molecule has 0 aromatic heterocycles. The van der Waals surface area contributed by atoms with Crippen molar-refractivity contribution in [3.05, 3.63) is 0 Å². The second kappa shape index (κ2) is 9.83. The predicted molar refractivity (Wildman–Crippen MR) is 68.4 cm³/mol. The van der Waals surface area contributed by atoms with Crippen LogP contribution in [0.4, 0.5) is 0 Å². The highest BCUT2D eigenvalue weighted by molar-refractivity contribution is 4.73. The van der Waals surface area contributed by atoms with Gasteiger partial charge < -0.3 is 19.5 Å². The van der Waals surface area contributed by atoms with Crippen LogP contribution in [0.5, 0.6) is 0 Å². The number of nitrogens with one attached hydrogen (secondary N) is 1. The van der Waals surface area contributed by atoms with Crippen molar-refractivity contribution in [2.45, 2.75) is 44.8 Å². The molecule has 1 saturated carbocycles. The van der Waals surface area contributed by atoms with Crippen LogP contribution in [-0.2, 0) is 14.2 Å². The van der Waals surface area contributed by atoms with E-state index in [1.54, 1.807) is 7.11 Å². The third kappa shape index (κ3) is 6.99. The summed E-state index contributed by atoms with van der Waals surface area (Å²) in [6.45, 7) is 6.18. The molecule has 0 bridgehead atoms. The molecule has 0 amide bonds. The molecule has 1 fully saturated rings. The Labute approximate surface area is 105 Å². The Kier molecular flexibility index (Phi) is 8.61. The van der Waals surface area contributed by atoms with Gasteiger partial charge in [0.1, 0.15) is 0 Å². The van der Waals surface area contributed by atoms with Gasteiger partial charge in [-0.1, -0.05) is 0 Å². The molecule has 0 aromatic rings. The van der Waals surface area contributed by atoms with Gasteiger partial charge in [0.2, 0.25) is 0 Å². The fraction of sp³-hybridized carbons (Fsp3) is 1.00. The molecule has 1 N–H and O–H groups in total. The van der Waals surface area contributed by atoms with E-state index in [4.69, 9.17) is 14.2 Å². The quantitative estimate of drug-likeness (QED) is 0.626. The summed E-state index contributed by atoms with van der Waals surface area (Å²) in [5, 5.41) is 3.30. The van der Waals surface area contributed by atoms with Gasteiger partial charge in [0, 0.05) is 26.8 Å². The number of methoxy groups -OCH3 is 1. The molecule has 0 saturated heterocycles. The molecule has 0 aliphatic heterocycles. The summed E-state index contributed by atoms with van der Waals surface area (Å²) in [6, 6.07) is 0. The molecular formula is C13H27NO3. The molecule has 1 aliphatic rings. The van der Waals surface area contributed by atoms with Crippen molar-refractivity contribution in [3.63, 3.8) is 0 Å². The average Bonchev–Trinajstić information content (AvgIpc) is 2.38. The third-order valence-electron chi connectivity index (χ3n) is 3.17. The summed E-state index contributed by atoms with van der Waals surface area (Å²) in [4.78, 5) is 0. The van der Waals surface area contributed by atoms with Crippen molar-refractivity contribution in [3.8, 4) is 0 Å². The van der Waals surface area contributed by atoms with Gasteiger partial charge in [-0.3, -0.25) is 0 Å². The van der Waals surface area contributed by atoms with Gasteiger partial charge in [-0.05, 0) is 32.6 Å². The highest BCUT2D eigenvalue weighted by Crippen LogP contribution is 2.22. The number of rotatable bonds is 9. The molecule has 1 rings (SSSR count). The van der Waals surface area contributed by atoms with Gasteiger partial charge in [-0.15, -0.1) is 0 Å². The predicted octanol–water partition coefficient (Wildman–Crippen LogP) is 1.59. The van der Waals surface area contributed by atoms with Crippen LogP contribution in [0.1, 0.15) is 32.6 Å². The average molecular weight is 245 g/mol. The molecule has 4 nitrogen and oxygen atoms in total. The van der Waals surface area contributed by atoms with E-state index in [0.29, 0.717) is 12.2 Å². The molecule has 17 heavy (non-hydrogen) atoms. The van der Waals surface area contributed by atoms with Gasteiger partial charge in [0.25, 0.3) is 0 Å². The molecule has 2 atom stereocenters. The standard InChI is InChI=1S/C13H27NO3/c1-3-16-9-7-14-8-10-17-13-6-4-5-12(11-13)15-2/h12-14H,3-11H2,1-2H3. The molecule has 1 aliphatic carbocycles. The summed E-state index contributed by atoms with van der Waals surface area (Å²) in [5.41, 5.74) is 0. The van der Waals surface area contributed by atoms with Crippen LogP contribution in [0.15, 0.2) is 0 Å². The maximum absolute atomic E-state index is 5.84. The molecule has 0 heterocycles. The van der Waals surface area contributed by atoms with Crippen molar-refractivity contribution in [2.75, 3.05) is 40.0 Å². The van der Waals surface area contributed by atoms with Gasteiger partial charge in [-0.25, -0.2) is 0 Å². The fourth-order valence-electron chi connectivity index (χ4n) is 2.18. The van der Waals surface area contributed by atoms with Gasteiger partial charge >= 0.3 is 0 Å². The number of ether oxygens (including phenoxy) is 3. The minimum absolute atomic E-state index is 0.391. The van der Waals surface area contributed by atoms with Crippen LogP contribution in [0.2, 0.25) is 0 Å². The smallest absolute Gasteiger partial charge is 0.0600 e. The Balaban J connectivity index is 1.91. The van der Waals surface area contributed by atoms with Crippen LogP contribution < -0.4 is 5.32 Å². The number of hydrogen-bond acceptors (Lipinski definition) is 4. The van der Waals surface area contributed by atoms with Crippen LogP contribution >= 0.6 is 0 Å². The highest BCUT2D eigenvalue weighted by atomic mass is 16.5. The SMILES string of the molecule is CCOCCNCCOC1CCCC(OC)C1. The second-order valence-corrected chi connectivity index (χ2v) is 4.46. The Morgan fingerprint density at radius 2 is 1.88 bits per heavy atom. The van der Waals surface area contributed by atoms with Crippen LogP contribution in [0.3, 0.4) is 0 Å². The van der Waals surface area contributed by atoms with Crippen LogP contribution in [0.25, 0.3) is 0 Å². The molecule has 0 aromatic carbocycles. The van der Waals surface area contributed by atoms with E-state index in [-0.39, 0.29) is 0 Å². The van der Waals surface area contributed by atoms with Crippen molar-refractivity contribution in [1.82, 2.24) is 5.32 Å². The van der Waals surface area contributed by atoms with E-state index < -0.39 is 0 Å². The molecule has 102 valence electrons. The lowest BCUT2D eigenvalue weighted by Crippen LogP contribution is -2.30. The first-order valence-corrected chi connectivity index (χ1v) is 6.79. The summed E-state index contributed by atoms with van der Waals surface area (Å²) in [5.74, 6) is 0. The summed E-state index contributed by atoms with van der Waals surface area (Å²) < 4.78 is 16.5. The Hall–Kier alpha value is -0.160. The summed E-state index contributed by atoms with van der Waals surface area (Å²) >= 11 is 0. The van der Waals surface area contributed by atoms with Crippen LogP contribution in [-0.4, -0.2) is 52.2 Å². The normalized spacial score (nSPS) is 25.1. The van der Waals surface area contributed by atoms with Gasteiger partial charge in [-0.2, -0.15) is 0 Å². The van der Waals surface area contributed by atoms with Crippen molar-refractivity contribution >= 4 is 0 Å². The van der Waals surface area contributed by atoms with Gasteiger partial charge in [0.15, 0.2) is 0 Å². The summed E-state index contributed by atoms with van der Waals surface area (Å²) in [6.07, 6.45) is 5.43. The zero-order valence-electron chi connectivity index (χ0n) is 11.2. The van der Waals surface area contributed by atoms with Crippen molar-refractivity contribution in [1.29, 1.82) is 0 Å². The lowest BCUT2D eigenvalue weighted by Gasteiger charge is -2.28. The fourth-order valence-corrected chi connectivity index (χ4v) is 2.18. The van der Waals surface area contributed by atoms with E-state index in [0.717, 1.165) is 39.3 Å². The third-order valence-corrected chi connectivity index (χ3v) is 3.17. The van der Waals surface area contributed by atoms with E-state index in [1.165, 1.54) is 19.3 Å². The lowest BCUT2D eigenvalue weighted by atomic mass is 9.95. The Bertz CT molecular complexity index is 178. The van der Waals surface area contributed by atoms with Gasteiger partial charge in [0.05, 0.1) is 25.4 Å². The lowest BCUT2D eigenvalue weighted by molar-refractivity contribution is -0.0283. The maximum atomic E-state index is 5.84. The molecule has 2 unspecified atom stereocenters. The zero-order valence-corrected chi connectivity index (χ0v) is 11.2. The monoisotopic (exact) mass is 245 g/mol. The molecule has 0 spiro atoms. The molecular weight excluding hydrogens is 218 g/mol. The Morgan fingerprint density at radius 1 is 1.12 bits per heavy atom. The maximum Gasteiger partial charge on any atom is 0.0600 e. The van der Waals surface area contributed by atoms with Crippen molar-refractivity contribution < 1.29 is 14.2 Å². The first-order chi connectivity index (χ1) is 8.36. The highest BCUT2D eigenvalue weighted by Gasteiger charge is 2.21. The van der Waals surface area contributed by atoms with Crippen molar-refractivity contribution in [2.24, 2.45) is 0 Å².